The Hall–Kier alpha value is -2.81. The maximum atomic E-state index is 8.96. The third-order valence-corrected chi connectivity index (χ3v) is 2.79. The molecule has 0 aliphatic rings. The smallest absolute Gasteiger partial charge is 0.182 e. The zero-order valence-electron chi connectivity index (χ0n) is 12.0. The van der Waals surface area contributed by atoms with Crippen LogP contribution in [0.3, 0.4) is 0 Å². The highest BCUT2D eigenvalue weighted by Crippen LogP contribution is 2.28. The van der Waals surface area contributed by atoms with E-state index in [0.717, 1.165) is 5.56 Å². The number of benzene rings is 1. The van der Waals surface area contributed by atoms with Gasteiger partial charge in [-0.05, 0) is 24.6 Å². The molecule has 0 spiro atoms. The molecule has 2 aromatic rings. The molecule has 1 aromatic carbocycles. The van der Waals surface area contributed by atoms with Gasteiger partial charge in [-0.3, -0.25) is 0 Å². The molecule has 6 heteroatoms. The summed E-state index contributed by atoms with van der Waals surface area (Å²) in [7, 11) is 1.60. The Kier molecular flexibility index (Phi) is 4.94. The van der Waals surface area contributed by atoms with Crippen molar-refractivity contribution < 1.29 is 9.47 Å². The second kappa shape index (κ2) is 7.10. The molecule has 0 fully saturated rings. The lowest BCUT2D eigenvalue weighted by atomic mass is 10.2. The molecule has 0 amide bonds. The number of ether oxygens (including phenoxy) is 2. The highest BCUT2D eigenvalue weighted by molar-refractivity contribution is 5.48. The van der Waals surface area contributed by atoms with Gasteiger partial charge in [0.1, 0.15) is 6.07 Å². The minimum atomic E-state index is 0.274. The van der Waals surface area contributed by atoms with Crippen LogP contribution in [0.1, 0.15) is 18.2 Å². The molecule has 1 aromatic heterocycles. The van der Waals surface area contributed by atoms with E-state index >= 15 is 0 Å². The monoisotopic (exact) mass is 284 g/mol. The fourth-order valence-corrected chi connectivity index (χ4v) is 1.83. The van der Waals surface area contributed by atoms with E-state index < -0.39 is 0 Å². The molecule has 108 valence electrons. The van der Waals surface area contributed by atoms with Crippen LogP contribution in [0.4, 0.5) is 5.82 Å². The summed E-state index contributed by atoms with van der Waals surface area (Å²) in [6.07, 6.45) is 3.03. The summed E-state index contributed by atoms with van der Waals surface area (Å²) >= 11 is 0. The lowest BCUT2D eigenvalue weighted by molar-refractivity contribution is 0.310. The largest absolute Gasteiger partial charge is 0.493 e. The van der Waals surface area contributed by atoms with Gasteiger partial charge in [-0.15, -0.1) is 0 Å². The second-order valence-electron chi connectivity index (χ2n) is 4.14. The van der Waals surface area contributed by atoms with Crippen LogP contribution in [-0.2, 0) is 6.54 Å². The molecule has 0 saturated heterocycles. The van der Waals surface area contributed by atoms with Crippen molar-refractivity contribution in [2.24, 2.45) is 0 Å². The minimum absolute atomic E-state index is 0.274. The lowest BCUT2D eigenvalue weighted by Gasteiger charge is -2.12. The number of hydrogen-bond donors (Lipinski definition) is 1. The average Bonchev–Trinajstić information content (AvgIpc) is 2.54. The van der Waals surface area contributed by atoms with E-state index in [4.69, 9.17) is 14.7 Å². The van der Waals surface area contributed by atoms with Crippen LogP contribution < -0.4 is 14.8 Å². The van der Waals surface area contributed by atoms with Gasteiger partial charge in [-0.25, -0.2) is 9.97 Å². The Morgan fingerprint density at radius 2 is 2.05 bits per heavy atom. The highest BCUT2D eigenvalue weighted by Gasteiger charge is 2.07. The van der Waals surface area contributed by atoms with E-state index in [0.29, 0.717) is 30.5 Å². The number of rotatable bonds is 6. The Morgan fingerprint density at radius 3 is 2.76 bits per heavy atom. The first-order valence-corrected chi connectivity index (χ1v) is 6.53. The first-order chi connectivity index (χ1) is 10.3. The molecule has 0 bridgehead atoms. The molecule has 0 aliphatic heterocycles. The molecule has 1 heterocycles. The topological polar surface area (TPSA) is 80.1 Å². The van der Waals surface area contributed by atoms with Crippen molar-refractivity contribution >= 4 is 5.82 Å². The van der Waals surface area contributed by atoms with Crippen LogP contribution in [0, 0.1) is 11.3 Å². The standard InChI is InChI=1S/C15H16N4O2/c1-3-21-13-5-4-11(8-14(13)20-2)10-19-15-12(9-16)17-6-7-18-15/h4-8H,3,10H2,1-2H3,(H,18,19). The summed E-state index contributed by atoms with van der Waals surface area (Å²) in [6.45, 7) is 3.02. The van der Waals surface area contributed by atoms with E-state index in [2.05, 4.69) is 15.3 Å². The van der Waals surface area contributed by atoms with Crippen LogP contribution in [0.15, 0.2) is 30.6 Å². The lowest BCUT2D eigenvalue weighted by Crippen LogP contribution is -2.05. The molecule has 0 radical (unpaired) electrons. The van der Waals surface area contributed by atoms with Crippen molar-refractivity contribution in [3.8, 4) is 17.6 Å². The van der Waals surface area contributed by atoms with E-state index in [-0.39, 0.29) is 5.69 Å². The van der Waals surface area contributed by atoms with Crippen molar-refractivity contribution in [3.05, 3.63) is 41.9 Å². The average molecular weight is 284 g/mol. The third kappa shape index (κ3) is 3.60. The van der Waals surface area contributed by atoms with Crippen molar-refractivity contribution in [1.29, 1.82) is 5.26 Å². The molecule has 0 aliphatic carbocycles. The molecular formula is C15H16N4O2. The highest BCUT2D eigenvalue weighted by atomic mass is 16.5. The number of nitrogens with one attached hydrogen (secondary N) is 1. The maximum Gasteiger partial charge on any atom is 0.182 e. The predicted octanol–water partition coefficient (Wildman–Crippen LogP) is 2.37. The SMILES string of the molecule is CCOc1ccc(CNc2nccnc2C#N)cc1OC. The first kappa shape index (κ1) is 14.6. The van der Waals surface area contributed by atoms with E-state index in [1.54, 1.807) is 13.3 Å². The molecule has 2 rings (SSSR count). The molecule has 0 atom stereocenters. The van der Waals surface area contributed by atoms with E-state index in [1.807, 2.05) is 31.2 Å². The quantitative estimate of drug-likeness (QED) is 0.877. The molecule has 0 saturated carbocycles. The van der Waals surface area contributed by atoms with E-state index in [1.165, 1.54) is 6.20 Å². The number of anilines is 1. The summed E-state index contributed by atoms with van der Waals surface area (Å²) in [5.74, 6) is 1.85. The number of nitriles is 1. The van der Waals surface area contributed by atoms with Gasteiger partial charge in [-0.1, -0.05) is 6.07 Å². The Morgan fingerprint density at radius 1 is 1.24 bits per heavy atom. The Balaban J connectivity index is 2.12. The van der Waals surface area contributed by atoms with Gasteiger partial charge in [0.15, 0.2) is 23.0 Å². The normalized spacial score (nSPS) is 9.76. The van der Waals surface area contributed by atoms with Crippen molar-refractivity contribution in [3.63, 3.8) is 0 Å². The molecule has 6 nitrogen and oxygen atoms in total. The number of nitrogens with zero attached hydrogens (tertiary/aromatic N) is 3. The van der Waals surface area contributed by atoms with Crippen LogP contribution >= 0.6 is 0 Å². The molecule has 0 unspecified atom stereocenters. The zero-order valence-corrected chi connectivity index (χ0v) is 12.0. The summed E-state index contributed by atoms with van der Waals surface area (Å²) in [5, 5.41) is 12.1. The molecule has 1 N–H and O–H groups in total. The summed E-state index contributed by atoms with van der Waals surface area (Å²) < 4.78 is 10.8. The van der Waals surface area contributed by atoms with Crippen molar-refractivity contribution in [1.82, 2.24) is 9.97 Å². The fraction of sp³-hybridized carbons (Fsp3) is 0.267. The van der Waals surface area contributed by atoms with Crippen LogP contribution in [0.25, 0.3) is 0 Å². The van der Waals surface area contributed by atoms with Gasteiger partial charge < -0.3 is 14.8 Å². The van der Waals surface area contributed by atoms with Crippen LogP contribution in [-0.4, -0.2) is 23.7 Å². The predicted molar refractivity (Wildman–Crippen MR) is 78.2 cm³/mol. The number of hydrogen-bond acceptors (Lipinski definition) is 6. The van der Waals surface area contributed by atoms with Gasteiger partial charge in [-0.2, -0.15) is 5.26 Å². The Labute approximate surface area is 123 Å². The van der Waals surface area contributed by atoms with E-state index in [9.17, 15) is 0 Å². The first-order valence-electron chi connectivity index (χ1n) is 6.53. The van der Waals surface area contributed by atoms with Gasteiger partial charge in [0.2, 0.25) is 0 Å². The summed E-state index contributed by atoms with van der Waals surface area (Å²) in [5.41, 5.74) is 1.26. The number of aromatic nitrogens is 2. The van der Waals surface area contributed by atoms with Gasteiger partial charge in [0.25, 0.3) is 0 Å². The van der Waals surface area contributed by atoms with Gasteiger partial charge in [0, 0.05) is 18.9 Å². The molecule has 21 heavy (non-hydrogen) atoms. The van der Waals surface area contributed by atoms with Gasteiger partial charge in [0.05, 0.1) is 13.7 Å². The summed E-state index contributed by atoms with van der Waals surface area (Å²) in [4.78, 5) is 8.05. The van der Waals surface area contributed by atoms with Crippen LogP contribution in [0.2, 0.25) is 0 Å². The number of methoxy groups -OCH3 is 1. The molecular weight excluding hydrogens is 268 g/mol. The third-order valence-electron chi connectivity index (χ3n) is 2.79. The fourth-order valence-electron chi connectivity index (χ4n) is 1.83. The minimum Gasteiger partial charge on any atom is -0.493 e. The summed E-state index contributed by atoms with van der Waals surface area (Å²) in [6, 6.07) is 7.68. The zero-order chi connectivity index (χ0) is 15.1. The van der Waals surface area contributed by atoms with Crippen molar-refractivity contribution in [2.75, 3.05) is 19.0 Å². The second-order valence-corrected chi connectivity index (χ2v) is 4.14. The van der Waals surface area contributed by atoms with Crippen molar-refractivity contribution in [2.45, 2.75) is 13.5 Å². The van der Waals surface area contributed by atoms with Crippen LogP contribution in [0.5, 0.6) is 11.5 Å². The Bertz CT molecular complexity index is 652. The maximum absolute atomic E-state index is 8.96. The van der Waals surface area contributed by atoms with Gasteiger partial charge >= 0.3 is 0 Å².